The molecule has 2 aromatic carbocycles. The number of benzene rings is 2. The Morgan fingerprint density at radius 1 is 0.750 bits per heavy atom. The summed E-state index contributed by atoms with van der Waals surface area (Å²) < 4.78 is 9.64. The van der Waals surface area contributed by atoms with Crippen molar-refractivity contribution in [1.29, 1.82) is 0 Å². The minimum atomic E-state index is -0.697. The van der Waals surface area contributed by atoms with Gasteiger partial charge in [0.15, 0.2) is 0 Å². The van der Waals surface area contributed by atoms with Crippen LogP contribution in [0.2, 0.25) is 0 Å². The van der Waals surface area contributed by atoms with Crippen LogP contribution in [0.5, 0.6) is 0 Å². The lowest BCUT2D eigenvalue weighted by atomic mass is 9.91. The van der Waals surface area contributed by atoms with Crippen molar-refractivity contribution in [3.8, 4) is 22.4 Å². The molecular formula is C42H50N8O6. The number of rotatable bonds is 11. The van der Waals surface area contributed by atoms with Crippen LogP contribution in [-0.2, 0) is 23.9 Å². The monoisotopic (exact) mass is 762 g/mol. The first-order chi connectivity index (χ1) is 26.9. The summed E-state index contributed by atoms with van der Waals surface area (Å²) in [5.74, 6) is 0.335. The highest BCUT2D eigenvalue weighted by atomic mass is 16.5. The fourth-order valence-corrected chi connectivity index (χ4v) is 8.04. The zero-order valence-electron chi connectivity index (χ0n) is 32.8. The Labute approximate surface area is 325 Å². The average Bonchev–Trinajstić information content (AvgIpc) is 4.03. The number of fused-ring (bicyclic) bond motifs is 2. The number of methoxy groups -OCH3 is 2. The average molecular weight is 763 g/mol. The molecule has 294 valence electrons. The van der Waals surface area contributed by atoms with Gasteiger partial charge in [-0.2, -0.15) is 0 Å². The number of aromatic amines is 2. The molecule has 14 nitrogen and oxygen atoms in total. The summed E-state index contributed by atoms with van der Waals surface area (Å²) in [7, 11) is 2.64. The summed E-state index contributed by atoms with van der Waals surface area (Å²) in [6.45, 7) is 8.93. The highest BCUT2D eigenvalue weighted by Crippen LogP contribution is 2.36. The van der Waals surface area contributed by atoms with Gasteiger partial charge in [0.2, 0.25) is 11.8 Å². The van der Waals surface area contributed by atoms with E-state index in [1.165, 1.54) is 14.2 Å². The largest absolute Gasteiger partial charge is 0.469 e. The maximum Gasteiger partial charge on any atom is 0.407 e. The van der Waals surface area contributed by atoms with Crippen molar-refractivity contribution in [3.63, 3.8) is 0 Å². The van der Waals surface area contributed by atoms with Crippen molar-refractivity contribution in [2.24, 2.45) is 17.8 Å². The van der Waals surface area contributed by atoms with Crippen LogP contribution in [0.15, 0.2) is 54.7 Å². The number of carbonyl (C=O) groups excluding carboxylic acids is 4. The highest BCUT2D eigenvalue weighted by molar-refractivity contribution is 5.88. The minimum absolute atomic E-state index is 0.00400. The zero-order valence-corrected chi connectivity index (χ0v) is 32.8. The van der Waals surface area contributed by atoms with Crippen LogP contribution >= 0.6 is 0 Å². The standard InChI is InChI=1S/C42H50N8O6/c1-23(2)28(21-36(51)55-5)40(52)49-17-7-9-34(49)38-45-31-16-12-26(20-33(31)47-38)29-14-13-27(22-43-29)25-11-15-30-32(19-25)46-39(44-30)35-10-8-18-50(35)41(53)37(24(3)4)48-42(54)56-6/h11-16,19-20,22-24,28,34-35,37H,7-10,17-18,21H2,1-6H3,(H,44,46)(H,45,47)(H,48,54)/t28-,34-,35-,37-/m0/s1. The summed E-state index contributed by atoms with van der Waals surface area (Å²) in [5.41, 5.74) is 7.00. The quantitative estimate of drug-likeness (QED) is 0.124. The van der Waals surface area contributed by atoms with E-state index in [0.29, 0.717) is 13.1 Å². The van der Waals surface area contributed by atoms with Crippen molar-refractivity contribution in [2.75, 3.05) is 27.3 Å². The number of esters is 1. The first-order valence-electron chi connectivity index (χ1n) is 19.4. The number of imidazole rings is 2. The first kappa shape index (κ1) is 38.5. The Morgan fingerprint density at radius 2 is 1.32 bits per heavy atom. The number of nitrogens with one attached hydrogen (secondary N) is 3. The van der Waals surface area contributed by atoms with Crippen LogP contribution in [-0.4, -0.2) is 91.9 Å². The number of carbonyl (C=O) groups is 4. The fraction of sp³-hybridized carbons (Fsp3) is 0.452. The third kappa shape index (κ3) is 7.69. The molecule has 7 rings (SSSR count). The molecule has 14 heteroatoms. The van der Waals surface area contributed by atoms with E-state index in [-0.39, 0.29) is 48.1 Å². The molecule has 0 unspecified atom stereocenters. The van der Waals surface area contributed by atoms with Crippen molar-refractivity contribution >= 4 is 45.9 Å². The Morgan fingerprint density at radius 3 is 1.86 bits per heavy atom. The minimum Gasteiger partial charge on any atom is -0.469 e. The van der Waals surface area contributed by atoms with Crippen molar-refractivity contribution < 1.29 is 28.7 Å². The van der Waals surface area contributed by atoms with Crippen LogP contribution in [0.3, 0.4) is 0 Å². The van der Waals surface area contributed by atoms with E-state index in [2.05, 4.69) is 15.3 Å². The SMILES string of the molecule is COC(=O)C[C@H](C(=O)N1CCC[C@H]1c1nc2ccc(-c3ccc(-c4ccc5nc([C@@H]6CCCN6C(=O)[C@@H](NC(=O)OC)C(C)C)[nH]c5c4)cn3)cc2[nH]1)C(C)C. The van der Waals surface area contributed by atoms with Crippen LogP contribution in [0.1, 0.15) is 83.5 Å². The second-order valence-corrected chi connectivity index (χ2v) is 15.5. The summed E-state index contributed by atoms with van der Waals surface area (Å²) in [4.78, 5) is 76.5. The van der Waals surface area contributed by atoms with Crippen molar-refractivity contribution in [1.82, 2.24) is 40.0 Å². The molecule has 2 aliphatic heterocycles. The van der Waals surface area contributed by atoms with Gasteiger partial charge in [0.05, 0.1) is 66.4 Å². The molecule has 3 amide bonds. The summed E-state index contributed by atoms with van der Waals surface area (Å²) >= 11 is 0. The second kappa shape index (κ2) is 16.1. The predicted octanol–water partition coefficient (Wildman–Crippen LogP) is 6.71. The zero-order chi connectivity index (χ0) is 39.7. The third-order valence-electron chi connectivity index (χ3n) is 11.2. The van der Waals surface area contributed by atoms with Crippen molar-refractivity contribution in [2.45, 2.75) is 77.9 Å². The molecule has 2 aliphatic rings. The summed E-state index contributed by atoms with van der Waals surface area (Å²) in [6.07, 6.45) is 4.56. The molecule has 4 atom stereocenters. The van der Waals surface area contributed by atoms with E-state index in [0.717, 1.165) is 81.8 Å². The van der Waals surface area contributed by atoms with E-state index < -0.39 is 18.1 Å². The maximum atomic E-state index is 13.7. The molecular weight excluding hydrogens is 713 g/mol. The number of likely N-dealkylation sites (tertiary alicyclic amines) is 2. The van der Waals surface area contributed by atoms with E-state index in [9.17, 15) is 19.2 Å². The lowest BCUT2D eigenvalue weighted by molar-refractivity contribution is -0.148. The van der Waals surface area contributed by atoms with E-state index >= 15 is 0 Å². The molecule has 2 fully saturated rings. The second-order valence-electron chi connectivity index (χ2n) is 15.5. The number of nitrogens with zero attached hydrogens (tertiary/aromatic N) is 5. The molecule has 5 heterocycles. The van der Waals surface area contributed by atoms with Gasteiger partial charge >= 0.3 is 12.1 Å². The van der Waals surface area contributed by atoms with E-state index in [1.807, 2.05) is 92.2 Å². The topological polar surface area (TPSA) is 175 Å². The van der Waals surface area contributed by atoms with Gasteiger partial charge in [-0.1, -0.05) is 45.9 Å². The van der Waals surface area contributed by atoms with Gasteiger partial charge in [-0.05, 0) is 73.4 Å². The van der Waals surface area contributed by atoms with Crippen molar-refractivity contribution in [3.05, 3.63) is 66.4 Å². The number of aromatic nitrogens is 5. The molecule has 2 saturated heterocycles. The van der Waals surface area contributed by atoms with Crippen LogP contribution < -0.4 is 5.32 Å². The Balaban J connectivity index is 1.06. The normalized spacial score (nSPS) is 18.2. The molecule has 0 spiro atoms. The Bertz CT molecular complexity index is 2090. The number of alkyl carbamates (subject to hydrolysis) is 1. The number of pyridine rings is 1. The molecule has 3 aromatic heterocycles. The fourth-order valence-electron chi connectivity index (χ4n) is 8.04. The molecule has 3 N–H and O–H groups in total. The predicted molar refractivity (Wildman–Crippen MR) is 211 cm³/mol. The number of amides is 3. The highest BCUT2D eigenvalue weighted by Gasteiger charge is 2.39. The van der Waals surface area contributed by atoms with E-state index in [4.69, 9.17) is 24.4 Å². The Hall–Kier alpha value is -5.79. The van der Waals surface area contributed by atoms with Gasteiger partial charge in [-0.15, -0.1) is 0 Å². The molecule has 56 heavy (non-hydrogen) atoms. The van der Waals surface area contributed by atoms with Gasteiger partial charge in [0, 0.05) is 30.4 Å². The first-order valence-corrected chi connectivity index (χ1v) is 19.4. The smallest absolute Gasteiger partial charge is 0.407 e. The lowest BCUT2D eigenvalue weighted by Crippen LogP contribution is -2.51. The molecule has 0 bridgehead atoms. The van der Waals surface area contributed by atoms with Gasteiger partial charge < -0.3 is 34.6 Å². The third-order valence-corrected chi connectivity index (χ3v) is 11.2. The number of ether oxygens (including phenoxy) is 2. The van der Waals surface area contributed by atoms with Gasteiger partial charge in [-0.25, -0.2) is 14.8 Å². The molecule has 0 aliphatic carbocycles. The molecule has 5 aromatic rings. The van der Waals surface area contributed by atoms with Gasteiger partial charge in [0.25, 0.3) is 0 Å². The van der Waals surface area contributed by atoms with Gasteiger partial charge in [0.1, 0.15) is 17.7 Å². The van der Waals surface area contributed by atoms with Crippen LogP contribution in [0.25, 0.3) is 44.5 Å². The summed E-state index contributed by atoms with van der Waals surface area (Å²) in [5, 5.41) is 2.70. The maximum absolute atomic E-state index is 13.7. The Kier molecular flexibility index (Phi) is 11.1. The molecule has 0 saturated carbocycles. The number of hydrogen-bond acceptors (Lipinski definition) is 9. The summed E-state index contributed by atoms with van der Waals surface area (Å²) in [6, 6.07) is 15.0. The van der Waals surface area contributed by atoms with E-state index in [1.54, 1.807) is 0 Å². The van der Waals surface area contributed by atoms with Crippen LogP contribution in [0, 0.1) is 17.8 Å². The number of H-pyrrole nitrogens is 2. The van der Waals surface area contributed by atoms with Gasteiger partial charge in [-0.3, -0.25) is 19.4 Å². The van der Waals surface area contributed by atoms with Crippen LogP contribution in [0.4, 0.5) is 4.79 Å². The number of hydrogen-bond donors (Lipinski definition) is 3. The molecule has 0 radical (unpaired) electrons. The lowest BCUT2D eigenvalue weighted by Gasteiger charge is -2.29.